The number of hydrogen-bond donors (Lipinski definition) is 2. The molecule has 2 N–H and O–H groups in total. The molecule has 3 nitrogen and oxygen atoms in total. The molecule has 0 bridgehead atoms. The van der Waals surface area contributed by atoms with E-state index in [1.165, 1.54) is 70.6 Å². The number of unbranched alkanes of at least 4 members (excludes halogenated alkanes) is 10. The molecule has 1 aliphatic heterocycles. The van der Waals surface area contributed by atoms with E-state index in [-0.39, 0.29) is 6.61 Å². The Morgan fingerprint density at radius 1 is 0.885 bits per heavy atom. The van der Waals surface area contributed by atoms with Crippen LogP contribution in [0.4, 0.5) is 0 Å². The van der Waals surface area contributed by atoms with Crippen molar-refractivity contribution in [3.05, 3.63) is 24.6 Å². The molecular formula is C23H45N2O+. The van der Waals surface area contributed by atoms with E-state index in [0.717, 1.165) is 30.4 Å². The van der Waals surface area contributed by atoms with Gasteiger partial charge >= 0.3 is 0 Å². The van der Waals surface area contributed by atoms with Crippen LogP contribution < -0.4 is 5.32 Å². The summed E-state index contributed by atoms with van der Waals surface area (Å²) in [4.78, 5) is 0. The van der Waals surface area contributed by atoms with E-state index in [2.05, 4.69) is 43.7 Å². The predicted molar refractivity (Wildman–Crippen MR) is 114 cm³/mol. The number of aliphatic hydroxyl groups is 1. The molecule has 0 aliphatic carbocycles. The predicted octanol–water partition coefficient (Wildman–Crippen LogP) is 5.86. The lowest BCUT2D eigenvalue weighted by Gasteiger charge is -2.36. The van der Waals surface area contributed by atoms with Crippen molar-refractivity contribution in [3.8, 4) is 0 Å². The van der Waals surface area contributed by atoms with Gasteiger partial charge in [-0.2, -0.15) is 0 Å². The molecule has 0 saturated heterocycles. The van der Waals surface area contributed by atoms with E-state index >= 15 is 0 Å². The fraction of sp³-hybridized carbons (Fsp3) is 0.826. The van der Waals surface area contributed by atoms with Gasteiger partial charge < -0.3 is 10.4 Å². The quantitative estimate of drug-likeness (QED) is 0.192. The fourth-order valence-electron chi connectivity index (χ4n) is 4.04. The Morgan fingerprint density at radius 3 is 2.12 bits per heavy atom. The van der Waals surface area contributed by atoms with E-state index < -0.39 is 0 Å². The molecule has 0 saturated carbocycles. The van der Waals surface area contributed by atoms with Crippen LogP contribution in [0.25, 0.3) is 0 Å². The van der Waals surface area contributed by atoms with Crippen LogP contribution in [-0.2, 0) is 0 Å². The highest BCUT2D eigenvalue weighted by Crippen LogP contribution is 2.21. The lowest BCUT2D eigenvalue weighted by molar-refractivity contribution is -0.899. The summed E-state index contributed by atoms with van der Waals surface area (Å²) >= 11 is 0. The number of nitrogens with one attached hydrogen (secondary N) is 1. The van der Waals surface area contributed by atoms with Gasteiger partial charge in [-0.3, -0.25) is 4.48 Å². The normalized spacial score (nSPS) is 22.3. The Kier molecular flexibility index (Phi) is 13.7. The van der Waals surface area contributed by atoms with Gasteiger partial charge in [0.2, 0.25) is 0 Å². The smallest absolute Gasteiger partial charge is 0.166 e. The van der Waals surface area contributed by atoms with Crippen molar-refractivity contribution in [2.75, 3.05) is 19.7 Å². The topological polar surface area (TPSA) is 32.3 Å². The van der Waals surface area contributed by atoms with Crippen LogP contribution in [0.3, 0.4) is 0 Å². The van der Waals surface area contributed by atoms with Gasteiger partial charge in [-0.1, -0.05) is 76.9 Å². The number of rotatable bonds is 17. The zero-order chi connectivity index (χ0) is 18.9. The number of allylic oxidation sites excluding steroid dienone is 2. The molecule has 2 unspecified atom stereocenters. The first-order valence-corrected chi connectivity index (χ1v) is 11.3. The lowest BCUT2D eigenvalue weighted by atomic mass is 10.1. The molecule has 0 aromatic carbocycles. The third kappa shape index (κ3) is 9.23. The summed E-state index contributed by atoms with van der Waals surface area (Å²) in [5.74, 6) is 0. The van der Waals surface area contributed by atoms with Gasteiger partial charge in [0.25, 0.3) is 0 Å². The highest BCUT2D eigenvalue weighted by atomic mass is 16.3. The molecular weight excluding hydrogens is 320 g/mol. The Hall–Kier alpha value is -0.800. The molecule has 0 radical (unpaired) electrons. The van der Waals surface area contributed by atoms with E-state index in [4.69, 9.17) is 0 Å². The van der Waals surface area contributed by atoms with Crippen LogP contribution in [-0.4, -0.2) is 35.5 Å². The average molecular weight is 366 g/mol. The minimum atomic E-state index is 0.255. The first-order chi connectivity index (χ1) is 12.8. The van der Waals surface area contributed by atoms with Crippen LogP contribution in [0.5, 0.6) is 0 Å². The fourth-order valence-corrected chi connectivity index (χ4v) is 4.04. The van der Waals surface area contributed by atoms with Crippen LogP contribution in [0.2, 0.25) is 0 Å². The summed E-state index contributed by atoms with van der Waals surface area (Å²) < 4.78 is 0.878. The number of likely N-dealkylation sites (N-methyl/N-ethyl adjacent to an activating group) is 1. The van der Waals surface area contributed by atoms with Gasteiger partial charge in [-0.15, -0.1) is 0 Å². The maximum Gasteiger partial charge on any atom is 0.166 e. The third-order valence-electron chi connectivity index (χ3n) is 5.88. The molecule has 0 fully saturated rings. The molecule has 1 aliphatic rings. The van der Waals surface area contributed by atoms with E-state index in [0.29, 0.717) is 6.17 Å². The van der Waals surface area contributed by atoms with Gasteiger partial charge in [-0.25, -0.2) is 0 Å². The lowest BCUT2D eigenvalue weighted by Crippen LogP contribution is -2.53. The van der Waals surface area contributed by atoms with Crippen molar-refractivity contribution >= 4 is 0 Å². The highest BCUT2D eigenvalue weighted by molar-refractivity contribution is 4.88. The Morgan fingerprint density at radius 2 is 1.50 bits per heavy atom. The molecule has 0 amide bonds. The zero-order valence-electron chi connectivity index (χ0n) is 17.6. The summed E-state index contributed by atoms with van der Waals surface area (Å²) in [6.45, 7) is 6.60. The summed E-state index contributed by atoms with van der Waals surface area (Å²) in [7, 11) is 0. The minimum absolute atomic E-state index is 0.255. The van der Waals surface area contributed by atoms with E-state index in [9.17, 15) is 5.11 Å². The van der Waals surface area contributed by atoms with E-state index in [1.807, 2.05) is 0 Å². The van der Waals surface area contributed by atoms with Crippen molar-refractivity contribution in [2.45, 2.75) is 103 Å². The molecule has 0 aromatic rings. The van der Waals surface area contributed by atoms with Gasteiger partial charge in [0.05, 0.1) is 19.4 Å². The van der Waals surface area contributed by atoms with Crippen molar-refractivity contribution in [3.63, 3.8) is 0 Å². The van der Waals surface area contributed by atoms with Crippen LogP contribution in [0, 0.1) is 0 Å². The second kappa shape index (κ2) is 15.3. The largest absolute Gasteiger partial charge is 0.390 e. The second-order valence-electron chi connectivity index (χ2n) is 7.88. The van der Waals surface area contributed by atoms with Gasteiger partial charge in [0, 0.05) is 6.42 Å². The number of nitrogens with zero attached hydrogens (tertiary/aromatic N) is 1. The van der Waals surface area contributed by atoms with E-state index in [1.54, 1.807) is 0 Å². The Bertz CT molecular complexity index is 380. The van der Waals surface area contributed by atoms with Gasteiger partial charge in [0.1, 0.15) is 12.7 Å². The number of quaternary nitrogens is 1. The molecule has 1 rings (SSSR count). The van der Waals surface area contributed by atoms with Crippen molar-refractivity contribution in [1.29, 1.82) is 0 Å². The first-order valence-electron chi connectivity index (χ1n) is 11.3. The van der Waals surface area contributed by atoms with Crippen LogP contribution in [0.1, 0.15) is 97.3 Å². The molecule has 3 heteroatoms. The maximum atomic E-state index is 9.34. The second-order valence-corrected chi connectivity index (χ2v) is 7.88. The average Bonchev–Trinajstić information content (AvgIpc) is 3.05. The van der Waals surface area contributed by atoms with Crippen LogP contribution in [0.15, 0.2) is 24.6 Å². The van der Waals surface area contributed by atoms with Crippen molar-refractivity contribution in [2.24, 2.45) is 0 Å². The summed E-state index contributed by atoms with van der Waals surface area (Å²) in [5.41, 5.74) is 0. The van der Waals surface area contributed by atoms with Crippen LogP contribution >= 0.6 is 0 Å². The van der Waals surface area contributed by atoms with Crippen molar-refractivity contribution in [1.82, 2.24) is 5.32 Å². The van der Waals surface area contributed by atoms with Gasteiger partial charge in [0.15, 0.2) is 6.17 Å². The monoisotopic (exact) mass is 365 g/mol. The molecule has 26 heavy (non-hydrogen) atoms. The minimum Gasteiger partial charge on any atom is -0.390 e. The summed E-state index contributed by atoms with van der Waals surface area (Å²) in [6.07, 6.45) is 27.0. The molecule has 2 atom stereocenters. The first kappa shape index (κ1) is 23.2. The number of hydrogen-bond acceptors (Lipinski definition) is 2. The summed E-state index contributed by atoms with van der Waals surface area (Å²) in [5, 5.41) is 12.8. The molecule has 0 spiro atoms. The van der Waals surface area contributed by atoms with Gasteiger partial charge in [-0.05, 0) is 26.2 Å². The Labute approximate surface area is 163 Å². The zero-order valence-corrected chi connectivity index (χ0v) is 17.6. The van der Waals surface area contributed by atoms with Crippen molar-refractivity contribution < 1.29 is 9.59 Å². The molecule has 152 valence electrons. The SMILES string of the molecule is CCCCCCCCCCCC/C=C/CCC1NC=C[N+]1(CC)CCO. The number of aliphatic hydroxyl groups excluding tert-OH is 1. The highest BCUT2D eigenvalue weighted by Gasteiger charge is 2.35. The third-order valence-corrected chi connectivity index (χ3v) is 5.88. The Balaban J connectivity index is 1.96. The molecule has 1 heterocycles. The standard InChI is InChI=1S/C23H45N2O/c1-3-5-6-7-8-9-10-11-12-13-14-15-16-17-18-23-24-19-20-25(23,4-2)21-22-26/h15-16,19-20,23-24,26H,3-14,17-18,21-22H2,1-2H3/q+1/b16-15+. The maximum absolute atomic E-state index is 9.34. The molecule has 0 aromatic heterocycles. The summed E-state index contributed by atoms with van der Waals surface area (Å²) in [6, 6.07) is 0.